The molecular formula is C16H25ClO. The van der Waals surface area contributed by atoms with Crippen LogP contribution in [0.15, 0.2) is 24.3 Å². The Kier molecular flexibility index (Phi) is 7.19. The van der Waals surface area contributed by atoms with Crippen molar-refractivity contribution >= 4 is 11.6 Å². The molecule has 0 saturated heterocycles. The zero-order chi connectivity index (χ0) is 13.4. The molecule has 102 valence electrons. The van der Waals surface area contributed by atoms with E-state index < -0.39 is 0 Å². The van der Waals surface area contributed by atoms with Gasteiger partial charge in [-0.3, -0.25) is 0 Å². The van der Waals surface area contributed by atoms with Crippen LogP contribution in [0.5, 0.6) is 5.75 Å². The third kappa shape index (κ3) is 4.53. The second-order valence-corrected chi connectivity index (χ2v) is 5.43. The monoisotopic (exact) mass is 268 g/mol. The normalized spacial score (nSPS) is 12.7. The molecule has 0 aliphatic heterocycles. The van der Waals surface area contributed by atoms with Gasteiger partial charge < -0.3 is 4.74 Å². The maximum absolute atomic E-state index is 6.61. The Hall–Kier alpha value is -0.690. The minimum absolute atomic E-state index is 0.209. The average Bonchev–Trinajstić information content (AvgIpc) is 2.39. The van der Waals surface area contributed by atoms with Crippen molar-refractivity contribution in [2.24, 2.45) is 5.92 Å². The van der Waals surface area contributed by atoms with Gasteiger partial charge in [-0.2, -0.15) is 0 Å². The number of methoxy groups -OCH3 is 1. The number of hydrogen-bond donors (Lipinski definition) is 0. The molecule has 18 heavy (non-hydrogen) atoms. The Morgan fingerprint density at radius 2 is 1.72 bits per heavy atom. The number of rotatable bonds is 8. The van der Waals surface area contributed by atoms with Crippen LogP contribution in [-0.2, 0) is 6.42 Å². The van der Waals surface area contributed by atoms with Crippen LogP contribution in [-0.4, -0.2) is 12.5 Å². The lowest BCUT2D eigenvalue weighted by atomic mass is 9.91. The van der Waals surface area contributed by atoms with Crippen molar-refractivity contribution in [1.29, 1.82) is 0 Å². The molecule has 0 radical (unpaired) electrons. The molecule has 1 unspecified atom stereocenters. The van der Waals surface area contributed by atoms with Gasteiger partial charge in [-0.1, -0.05) is 44.9 Å². The van der Waals surface area contributed by atoms with Gasteiger partial charge in [0.15, 0.2) is 0 Å². The predicted octanol–water partition coefficient (Wildman–Crippen LogP) is 5.06. The molecule has 0 aliphatic carbocycles. The molecule has 0 heterocycles. The van der Waals surface area contributed by atoms with E-state index in [0.717, 1.165) is 12.2 Å². The topological polar surface area (TPSA) is 9.23 Å². The summed E-state index contributed by atoms with van der Waals surface area (Å²) in [6.45, 7) is 4.46. The van der Waals surface area contributed by atoms with Crippen LogP contribution in [0, 0.1) is 5.92 Å². The van der Waals surface area contributed by atoms with Crippen LogP contribution >= 0.6 is 11.6 Å². The van der Waals surface area contributed by atoms with Crippen LogP contribution < -0.4 is 4.74 Å². The van der Waals surface area contributed by atoms with Crippen LogP contribution in [0.4, 0.5) is 0 Å². The van der Waals surface area contributed by atoms with Crippen LogP contribution in [0.1, 0.15) is 45.1 Å². The SMILES string of the molecule is CCCC(CCC)C(Cl)Cc1ccccc1OC. The zero-order valence-electron chi connectivity index (χ0n) is 11.8. The van der Waals surface area contributed by atoms with Crippen LogP contribution in [0.3, 0.4) is 0 Å². The number of benzene rings is 1. The minimum atomic E-state index is 0.209. The van der Waals surface area contributed by atoms with Gasteiger partial charge in [0.2, 0.25) is 0 Å². The third-order valence-corrected chi connectivity index (χ3v) is 3.95. The molecular weight excluding hydrogens is 244 g/mol. The molecule has 1 atom stereocenters. The van der Waals surface area contributed by atoms with Crippen molar-refractivity contribution < 1.29 is 4.74 Å². The first-order valence-corrected chi connectivity index (χ1v) is 7.42. The first kappa shape index (κ1) is 15.4. The van der Waals surface area contributed by atoms with Gasteiger partial charge in [0.05, 0.1) is 7.11 Å². The van der Waals surface area contributed by atoms with E-state index in [1.165, 1.54) is 31.2 Å². The highest BCUT2D eigenvalue weighted by Gasteiger charge is 2.19. The lowest BCUT2D eigenvalue weighted by Crippen LogP contribution is -2.17. The van der Waals surface area contributed by atoms with Gasteiger partial charge in [0, 0.05) is 5.38 Å². The van der Waals surface area contributed by atoms with E-state index in [4.69, 9.17) is 16.3 Å². The quantitative estimate of drug-likeness (QED) is 0.599. The van der Waals surface area contributed by atoms with Gasteiger partial charge in [0.1, 0.15) is 5.75 Å². The van der Waals surface area contributed by atoms with E-state index in [2.05, 4.69) is 26.0 Å². The van der Waals surface area contributed by atoms with Crippen molar-refractivity contribution in [2.45, 2.75) is 51.3 Å². The third-order valence-electron chi connectivity index (χ3n) is 3.44. The van der Waals surface area contributed by atoms with Crippen molar-refractivity contribution in [3.63, 3.8) is 0 Å². The van der Waals surface area contributed by atoms with Crippen molar-refractivity contribution in [3.8, 4) is 5.75 Å². The molecule has 0 amide bonds. The summed E-state index contributed by atoms with van der Waals surface area (Å²) in [7, 11) is 1.72. The summed E-state index contributed by atoms with van der Waals surface area (Å²) in [6.07, 6.45) is 5.75. The van der Waals surface area contributed by atoms with Crippen molar-refractivity contribution in [2.75, 3.05) is 7.11 Å². The lowest BCUT2D eigenvalue weighted by Gasteiger charge is -2.22. The minimum Gasteiger partial charge on any atom is -0.496 e. The summed E-state index contributed by atoms with van der Waals surface area (Å²) >= 11 is 6.61. The molecule has 0 bridgehead atoms. The van der Waals surface area contributed by atoms with E-state index in [9.17, 15) is 0 Å². The van der Waals surface area contributed by atoms with E-state index in [-0.39, 0.29) is 5.38 Å². The number of alkyl halides is 1. The molecule has 0 aromatic heterocycles. The maximum atomic E-state index is 6.61. The average molecular weight is 269 g/mol. The molecule has 1 aromatic rings. The molecule has 1 nitrogen and oxygen atoms in total. The van der Waals surface area contributed by atoms with Gasteiger partial charge in [-0.25, -0.2) is 0 Å². The summed E-state index contributed by atoms with van der Waals surface area (Å²) in [6, 6.07) is 8.17. The fraction of sp³-hybridized carbons (Fsp3) is 0.625. The highest BCUT2D eigenvalue weighted by Crippen LogP contribution is 2.28. The van der Waals surface area contributed by atoms with Gasteiger partial charge in [0.25, 0.3) is 0 Å². The summed E-state index contributed by atoms with van der Waals surface area (Å²) in [4.78, 5) is 0. The van der Waals surface area contributed by atoms with Gasteiger partial charge >= 0.3 is 0 Å². The van der Waals surface area contributed by atoms with Gasteiger partial charge in [-0.15, -0.1) is 11.6 Å². The molecule has 2 heteroatoms. The number of ether oxygens (including phenoxy) is 1. The molecule has 1 aromatic carbocycles. The standard InChI is InChI=1S/C16H25ClO/c1-4-8-13(9-5-2)15(17)12-14-10-6-7-11-16(14)18-3/h6-7,10-11,13,15H,4-5,8-9,12H2,1-3H3. The first-order chi connectivity index (χ1) is 8.72. The predicted molar refractivity (Wildman–Crippen MR) is 79.6 cm³/mol. The van der Waals surface area contributed by atoms with Crippen LogP contribution in [0.2, 0.25) is 0 Å². The number of halogens is 1. The fourth-order valence-electron chi connectivity index (χ4n) is 2.50. The zero-order valence-corrected chi connectivity index (χ0v) is 12.5. The Morgan fingerprint density at radius 3 is 2.28 bits per heavy atom. The largest absolute Gasteiger partial charge is 0.496 e. The number of hydrogen-bond acceptors (Lipinski definition) is 1. The van der Waals surface area contributed by atoms with E-state index in [1.54, 1.807) is 7.11 Å². The highest BCUT2D eigenvalue weighted by atomic mass is 35.5. The lowest BCUT2D eigenvalue weighted by molar-refractivity contribution is 0.396. The Balaban J connectivity index is 2.68. The first-order valence-electron chi connectivity index (χ1n) is 6.98. The van der Waals surface area contributed by atoms with Crippen molar-refractivity contribution in [3.05, 3.63) is 29.8 Å². The molecule has 0 fully saturated rings. The Bertz CT molecular complexity index is 332. The second-order valence-electron chi connectivity index (χ2n) is 4.87. The van der Waals surface area contributed by atoms with Crippen molar-refractivity contribution in [1.82, 2.24) is 0 Å². The van der Waals surface area contributed by atoms with E-state index in [0.29, 0.717) is 5.92 Å². The van der Waals surface area contributed by atoms with E-state index >= 15 is 0 Å². The summed E-state index contributed by atoms with van der Waals surface area (Å²) in [5, 5.41) is 0.209. The van der Waals surface area contributed by atoms with Gasteiger partial charge in [-0.05, 0) is 36.8 Å². The fourth-order valence-corrected chi connectivity index (χ4v) is 2.91. The molecule has 0 N–H and O–H groups in total. The number of para-hydroxylation sites is 1. The summed E-state index contributed by atoms with van der Waals surface area (Å²) in [5.41, 5.74) is 1.22. The van der Waals surface area contributed by atoms with E-state index in [1.807, 2.05) is 12.1 Å². The maximum Gasteiger partial charge on any atom is 0.122 e. The van der Waals surface area contributed by atoms with Crippen LogP contribution in [0.25, 0.3) is 0 Å². The molecule has 0 aliphatic rings. The molecule has 0 spiro atoms. The molecule has 1 rings (SSSR count). The molecule has 0 saturated carbocycles. The summed E-state index contributed by atoms with van der Waals surface area (Å²) < 4.78 is 5.39. The Labute approximate surface area is 116 Å². The summed E-state index contributed by atoms with van der Waals surface area (Å²) in [5.74, 6) is 1.57. The highest BCUT2D eigenvalue weighted by molar-refractivity contribution is 6.20. The smallest absolute Gasteiger partial charge is 0.122 e. The Morgan fingerprint density at radius 1 is 1.11 bits per heavy atom. The second kappa shape index (κ2) is 8.42.